The van der Waals surface area contributed by atoms with E-state index in [1.807, 2.05) is 13.1 Å². The van der Waals surface area contributed by atoms with Crippen molar-refractivity contribution in [2.45, 2.75) is 122 Å². The van der Waals surface area contributed by atoms with Crippen LogP contribution in [-0.4, -0.2) is 39.3 Å². The van der Waals surface area contributed by atoms with Crippen molar-refractivity contribution in [1.29, 1.82) is 0 Å². The number of aliphatic hydroxyl groups excluding tert-OH is 1. The summed E-state index contributed by atoms with van der Waals surface area (Å²) >= 11 is 0. The van der Waals surface area contributed by atoms with E-state index < -0.39 is 6.23 Å². The maximum Gasteiger partial charge on any atom is 0.141 e. The normalized spacial score (nSPS) is 20.7. The summed E-state index contributed by atoms with van der Waals surface area (Å²) in [6.45, 7) is 5.87. The van der Waals surface area contributed by atoms with Gasteiger partial charge in [-0.1, -0.05) is 76.9 Å². The number of aromatic nitrogens is 2. The Kier molecular flexibility index (Phi) is 13.1. The number of aromatic amines is 1. The molecular formula is C26H48N4O. The van der Waals surface area contributed by atoms with Gasteiger partial charge in [-0.25, -0.2) is 4.98 Å². The van der Waals surface area contributed by atoms with Gasteiger partial charge < -0.3 is 10.1 Å². The highest BCUT2D eigenvalue weighted by Crippen LogP contribution is 2.33. The first kappa shape index (κ1) is 26.1. The van der Waals surface area contributed by atoms with Crippen LogP contribution in [0.15, 0.2) is 24.5 Å². The summed E-state index contributed by atoms with van der Waals surface area (Å²) in [5, 5.41) is 13.9. The molecule has 2 heterocycles. The Morgan fingerprint density at radius 2 is 1.61 bits per heavy atom. The van der Waals surface area contributed by atoms with E-state index in [4.69, 9.17) is 0 Å². The third kappa shape index (κ3) is 9.07. The molecule has 1 aromatic rings. The Hall–Kier alpha value is -1.17. The molecule has 0 saturated carbocycles. The largest absolute Gasteiger partial charge is 0.379 e. The first-order valence-corrected chi connectivity index (χ1v) is 13.1. The van der Waals surface area contributed by atoms with Crippen LogP contribution in [0.2, 0.25) is 0 Å². The smallest absolute Gasteiger partial charge is 0.141 e. The molecule has 5 nitrogen and oxygen atoms in total. The van der Waals surface area contributed by atoms with E-state index in [1.165, 1.54) is 83.5 Å². The van der Waals surface area contributed by atoms with Crippen LogP contribution in [0.5, 0.6) is 0 Å². The summed E-state index contributed by atoms with van der Waals surface area (Å²) in [6, 6.07) is 0. The van der Waals surface area contributed by atoms with Crippen molar-refractivity contribution in [3.63, 3.8) is 0 Å². The topological polar surface area (TPSA) is 64.2 Å². The lowest BCUT2D eigenvalue weighted by Crippen LogP contribution is -2.52. The second-order valence-electron chi connectivity index (χ2n) is 9.24. The summed E-state index contributed by atoms with van der Waals surface area (Å²) in [4.78, 5) is 9.94. The fourth-order valence-corrected chi connectivity index (χ4v) is 4.87. The number of hydrogen-bond acceptors (Lipinski definition) is 4. The molecule has 3 N–H and O–H groups in total. The van der Waals surface area contributed by atoms with Crippen molar-refractivity contribution < 1.29 is 5.11 Å². The molecule has 2 unspecified atom stereocenters. The van der Waals surface area contributed by atoms with Gasteiger partial charge in [-0.15, -0.1) is 0 Å². The number of unbranched alkanes of at least 4 members (excludes halogenated alkanes) is 12. The zero-order valence-electron chi connectivity index (χ0n) is 20.2. The Morgan fingerprint density at radius 1 is 1.00 bits per heavy atom. The number of rotatable bonds is 18. The van der Waals surface area contributed by atoms with Crippen molar-refractivity contribution in [1.82, 2.24) is 20.2 Å². The van der Waals surface area contributed by atoms with E-state index in [1.54, 1.807) is 6.20 Å². The van der Waals surface area contributed by atoms with Crippen LogP contribution in [-0.2, 0) is 5.66 Å². The Morgan fingerprint density at radius 3 is 2.19 bits per heavy atom. The van der Waals surface area contributed by atoms with Crippen molar-refractivity contribution in [3.8, 4) is 0 Å². The van der Waals surface area contributed by atoms with Crippen molar-refractivity contribution in [2.75, 3.05) is 13.1 Å². The van der Waals surface area contributed by atoms with E-state index >= 15 is 0 Å². The molecule has 2 rings (SSSR count). The molecule has 1 aliphatic rings. The summed E-state index contributed by atoms with van der Waals surface area (Å²) in [6.07, 6.45) is 27.5. The molecular weight excluding hydrogens is 384 g/mol. The van der Waals surface area contributed by atoms with Crippen molar-refractivity contribution in [3.05, 3.63) is 30.4 Å². The fourth-order valence-electron chi connectivity index (χ4n) is 4.87. The van der Waals surface area contributed by atoms with Crippen LogP contribution in [0, 0.1) is 0 Å². The summed E-state index contributed by atoms with van der Waals surface area (Å²) < 4.78 is 0. The number of allylic oxidation sites excluding steroid dienone is 2. The third-order valence-electron chi connectivity index (χ3n) is 6.65. The van der Waals surface area contributed by atoms with Gasteiger partial charge in [0.15, 0.2) is 0 Å². The first-order valence-electron chi connectivity index (χ1n) is 13.1. The number of H-pyrrole nitrogens is 1. The van der Waals surface area contributed by atoms with Gasteiger partial charge >= 0.3 is 0 Å². The lowest BCUT2D eigenvalue weighted by molar-refractivity contribution is -0.0519. The molecule has 0 aromatic carbocycles. The second-order valence-corrected chi connectivity index (χ2v) is 9.24. The van der Waals surface area contributed by atoms with E-state index in [0.717, 1.165) is 31.8 Å². The third-order valence-corrected chi connectivity index (χ3v) is 6.65. The van der Waals surface area contributed by atoms with Gasteiger partial charge in [0.25, 0.3) is 0 Å². The highest BCUT2D eigenvalue weighted by Gasteiger charge is 2.45. The van der Waals surface area contributed by atoms with Gasteiger partial charge in [0, 0.05) is 25.5 Å². The maximum atomic E-state index is 10.3. The number of imidazole rings is 1. The van der Waals surface area contributed by atoms with Gasteiger partial charge in [0.1, 0.15) is 17.7 Å². The predicted molar refractivity (Wildman–Crippen MR) is 131 cm³/mol. The minimum Gasteiger partial charge on any atom is -0.379 e. The van der Waals surface area contributed by atoms with Crippen LogP contribution < -0.4 is 5.32 Å². The molecule has 0 spiro atoms. The number of hydrogen-bond donors (Lipinski definition) is 3. The molecule has 1 fully saturated rings. The van der Waals surface area contributed by atoms with Crippen LogP contribution in [0.4, 0.5) is 0 Å². The van der Waals surface area contributed by atoms with Crippen LogP contribution in [0.1, 0.15) is 116 Å². The monoisotopic (exact) mass is 432 g/mol. The summed E-state index contributed by atoms with van der Waals surface area (Å²) in [5.74, 6) is 0.929. The van der Waals surface area contributed by atoms with E-state index in [-0.39, 0.29) is 5.66 Å². The maximum absolute atomic E-state index is 10.3. The lowest BCUT2D eigenvalue weighted by Gasteiger charge is -2.38. The number of aliphatic hydroxyl groups is 1. The second kappa shape index (κ2) is 15.6. The Bertz CT molecular complexity index is 572. The van der Waals surface area contributed by atoms with Gasteiger partial charge in [-0.05, 0) is 45.4 Å². The molecule has 0 aliphatic carbocycles. The minimum absolute atomic E-state index is 0.349. The van der Waals surface area contributed by atoms with Gasteiger partial charge in [0.2, 0.25) is 0 Å². The standard InChI is InChI=1S/C26H48N4O/c1-3-4-5-6-7-8-9-10-11-12-13-14-15-16-17-18-19-26(25-27-20-21-28-25)29-22-23-30(26)24(2)31/h10-11,20-21,24,29,31H,3-9,12-19,22-23H2,1-2H3,(H,27,28)/b11-10-. The van der Waals surface area contributed by atoms with E-state index in [2.05, 4.69) is 39.3 Å². The Balaban J connectivity index is 1.51. The minimum atomic E-state index is -0.478. The summed E-state index contributed by atoms with van der Waals surface area (Å²) in [7, 11) is 0. The molecule has 5 heteroatoms. The molecule has 2 atom stereocenters. The average molecular weight is 433 g/mol. The van der Waals surface area contributed by atoms with Gasteiger partial charge in [-0.2, -0.15) is 0 Å². The molecule has 1 aromatic heterocycles. The molecule has 1 aliphatic heterocycles. The summed E-state index contributed by atoms with van der Waals surface area (Å²) in [5.41, 5.74) is -0.349. The molecule has 0 bridgehead atoms. The quantitative estimate of drug-likeness (QED) is 0.190. The van der Waals surface area contributed by atoms with Crippen molar-refractivity contribution >= 4 is 0 Å². The number of nitrogens with one attached hydrogen (secondary N) is 2. The lowest BCUT2D eigenvalue weighted by atomic mass is 9.98. The van der Waals surface area contributed by atoms with E-state index in [9.17, 15) is 5.11 Å². The van der Waals surface area contributed by atoms with E-state index in [0.29, 0.717) is 0 Å². The van der Waals surface area contributed by atoms with Crippen molar-refractivity contribution in [2.24, 2.45) is 0 Å². The Labute approximate surface area is 191 Å². The molecule has 0 amide bonds. The molecule has 178 valence electrons. The average Bonchev–Trinajstić information content (AvgIpc) is 3.44. The highest BCUT2D eigenvalue weighted by atomic mass is 16.3. The zero-order valence-corrected chi connectivity index (χ0v) is 20.2. The zero-order chi connectivity index (χ0) is 22.2. The fraction of sp³-hybridized carbons (Fsp3) is 0.808. The van der Waals surface area contributed by atoms with Gasteiger partial charge in [-0.3, -0.25) is 10.2 Å². The highest BCUT2D eigenvalue weighted by molar-refractivity contribution is 5.09. The molecule has 1 saturated heterocycles. The predicted octanol–water partition coefficient (Wildman–Crippen LogP) is 6.23. The number of nitrogens with zero attached hydrogens (tertiary/aromatic N) is 2. The van der Waals surface area contributed by atoms with Gasteiger partial charge in [0.05, 0.1) is 0 Å². The first-order chi connectivity index (χ1) is 15.2. The molecule has 31 heavy (non-hydrogen) atoms. The molecule has 0 radical (unpaired) electrons. The van der Waals surface area contributed by atoms with Crippen LogP contribution >= 0.6 is 0 Å². The SMILES string of the molecule is CCCCCCCC/C=C\CCCCCCCCC1(c2ncc[nH]2)NCCN1C(C)O. The van der Waals surface area contributed by atoms with Crippen LogP contribution in [0.3, 0.4) is 0 Å². The van der Waals surface area contributed by atoms with Crippen LogP contribution in [0.25, 0.3) is 0 Å².